The molecule has 1 aliphatic heterocycles. The quantitative estimate of drug-likeness (QED) is 0.605. The van der Waals surface area contributed by atoms with Gasteiger partial charge >= 0.3 is 0 Å². The van der Waals surface area contributed by atoms with Gasteiger partial charge in [-0.05, 0) is 61.9 Å². The van der Waals surface area contributed by atoms with E-state index in [2.05, 4.69) is 25.7 Å². The Morgan fingerprint density at radius 2 is 1.95 bits per heavy atom. The molecule has 0 aromatic rings. The van der Waals surface area contributed by atoms with Crippen LogP contribution >= 0.6 is 0 Å². The van der Waals surface area contributed by atoms with Gasteiger partial charge in [-0.3, -0.25) is 5.41 Å². The highest BCUT2D eigenvalue weighted by Crippen LogP contribution is 2.49. The zero-order chi connectivity index (χ0) is 14.1. The second kappa shape index (κ2) is 5.43. The lowest BCUT2D eigenvalue weighted by atomic mass is 9.77. The summed E-state index contributed by atoms with van der Waals surface area (Å²) in [5.74, 6) is 1.24. The van der Waals surface area contributed by atoms with E-state index in [-0.39, 0.29) is 0 Å². The second-order valence-electron chi connectivity index (χ2n) is 7.97. The molecule has 2 rings (SSSR count). The van der Waals surface area contributed by atoms with E-state index >= 15 is 0 Å². The average molecular weight is 265 g/mol. The summed E-state index contributed by atoms with van der Waals surface area (Å²) in [5.41, 5.74) is 6.42. The molecule has 1 saturated heterocycles. The van der Waals surface area contributed by atoms with Crippen LogP contribution in [0.4, 0.5) is 0 Å². The molecule has 1 aliphatic carbocycles. The van der Waals surface area contributed by atoms with Crippen molar-refractivity contribution in [3.8, 4) is 0 Å². The Morgan fingerprint density at radius 1 is 1.26 bits per heavy atom. The van der Waals surface area contributed by atoms with Crippen molar-refractivity contribution in [3.63, 3.8) is 0 Å². The maximum Gasteiger partial charge on any atom is 0.0911 e. The van der Waals surface area contributed by atoms with Crippen LogP contribution in [-0.2, 0) is 0 Å². The molecule has 110 valence electrons. The van der Waals surface area contributed by atoms with Crippen LogP contribution < -0.4 is 5.73 Å². The van der Waals surface area contributed by atoms with Gasteiger partial charge in [0, 0.05) is 13.0 Å². The molecular weight excluding hydrogens is 234 g/mol. The molecule has 0 aromatic carbocycles. The molecule has 2 fully saturated rings. The highest BCUT2D eigenvalue weighted by molar-refractivity contribution is 5.78. The van der Waals surface area contributed by atoms with Crippen molar-refractivity contribution < 1.29 is 0 Å². The molecule has 3 N–H and O–H groups in total. The van der Waals surface area contributed by atoms with Crippen LogP contribution in [0, 0.1) is 22.2 Å². The minimum Gasteiger partial charge on any atom is -0.388 e. The van der Waals surface area contributed by atoms with Crippen molar-refractivity contribution in [1.82, 2.24) is 4.90 Å². The normalized spacial score (nSPS) is 27.8. The van der Waals surface area contributed by atoms with Crippen LogP contribution in [-0.4, -0.2) is 30.4 Å². The fraction of sp³-hybridized carbons (Fsp3) is 0.938. The molecule has 1 atom stereocenters. The maximum atomic E-state index is 7.52. The summed E-state index contributed by atoms with van der Waals surface area (Å²) in [6, 6.07) is 0. The lowest BCUT2D eigenvalue weighted by Gasteiger charge is -2.30. The molecule has 0 amide bonds. The van der Waals surface area contributed by atoms with Gasteiger partial charge in [0.05, 0.1) is 5.84 Å². The molecule has 2 aliphatic rings. The van der Waals surface area contributed by atoms with Gasteiger partial charge in [-0.1, -0.05) is 20.8 Å². The largest absolute Gasteiger partial charge is 0.388 e. The van der Waals surface area contributed by atoms with Crippen LogP contribution in [0.15, 0.2) is 0 Å². The number of rotatable bonds is 4. The number of nitrogens with two attached hydrogens (primary N) is 1. The molecule has 1 saturated carbocycles. The van der Waals surface area contributed by atoms with E-state index in [1.807, 2.05) is 0 Å². The lowest BCUT2D eigenvalue weighted by Crippen LogP contribution is -2.34. The van der Waals surface area contributed by atoms with Gasteiger partial charge in [0.25, 0.3) is 0 Å². The smallest absolute Gasteiger partial charge is 0.0911 e. The Hall–Kier alpha value is -0.570. The molecule has 3 nitrogen and oxygen atoms in total. The van der Waals surface area contributed by atoms with Gasteiger partial charge in [-0.2, -0.15) is 0 Å². The molecule has 1 heterocycles. The minimum atomic E-state index is 0.368. The first-order valence-electron chi connectivity index (χ1n) is 7.86. The average Bonchev–Trinajstić information content (AvgIpc) is 3.01. The van der Waals surface area contributed by atoms with Gasteiger partial charge in [0.15, 0.2) is 0 Å². The Bertz CT molecular complexity index is 325. The molecule has 1 unspecified atom stereocenters. The summed E-state index contributed by atoms with van der Waals surface area (Å²) < 4.78 is 0. The number of amidine groups is 1. The van der Waals surface area contributed by atoms with Crippen molar-refractivity contribution >= 4 is 5.84 Å². The lowest BCUT2D eigenvalue weighted by molar-refractivity contribution is 0.196. The third-order valence-electron chi connectivity index (χ3n) is 5.13. The van der Waals surface area contributed by atoms with Crippen molar-refractivity contribution in [1.29, 1.82) is 5.41 Å². The van der Waals surface area contributed by atoms with E-state index < -0.39 is 0 Å². The minimum absolute atomic E-state index is 0.368. The predicted octanol–water partition coefficient (Wildman–Crippen LogP) is 3.24. The molecule has 0 bridgehead atoms. The summed E-state index contributed by atoms with van der Waals surface area (Å²) in [7, 11) is 0. The SMILES string of the molecule is CC(C)(C)C1CCCN(CC2(CC(=N)N)CC2)CC1. The highest BCUT2D eigenvalue weighted by atomic mass is 15.1. The predicted molar refractivity (Wildman–Crippen MR) is 81.4 cm³/mol. The summed E-state index contributed by atoms with van der Waals surface area (Å²) in [5, 5.41) is 7.52. The number of nitrogens with zero attached hydrogens (tertiary/aromatic N) is 1. The molecule has 19 heavy (non-hydrogen) atoms. The Labute approximate surface area is 118 Å². The van der Waals surface area contributed by atoms with Crippen molar-refractivity contribution in [2.75, 3.05) is 19.6 Å². The zero-order valence-corrected chi connectivity index (χ0v) is 13.0. The third kappa shape index (κ3) is 4.20. The van der Waals surface area contributed by atoms with E-state index in [9.17, 15) is 0 Å². The third-order valence-corrected chi connectivity index (χ3v) is 5.13. The van der Waals surface area contributed by atoms with Gasteiger partial charge in [-0.25, -0.2) is 0 Å². The van der Waals surface area contributed by atoms with E-state index in [1.54, 1.807) is 0 Å². The summed E-state index contributed by atoms with van der Waals surface area (Å²) in [4.78, 5) is 2.64. The molecular formula is C16H31N3. The van der Waals surface area contributed by atoms with Crippen LogP contribution in [0.3, 0.4) is 0 Å². The van der Waals surface area contributed by atoms with Crippen LogP contribution in [0.25, 0.3) is 0 Å². The Kier molecular flexibility index (Phi) is 4.24. The van der Waals surface area contributed by atoms with Crippen LogP contribution in [0.1, 0.15) is 59.3 Å². The number of nitrogens with one attached hydrogen (secondary N) is 1. The molecule has 0 radical (unpaired) electrons. The van der Waals surface area contributed by atoms with Gasteiger partial charge in [0.1, 0.15) is 0 Å². The molecule has 0 aromatic heterocycles. The summed E-state index contributed by atoms with van der Waals surface area (Å²) >= 11 is 0. The fourth-order valence-corrected chi connectivity index (χ4v) is 3.63. The van der Waals surface area contributed by atoms with Crippen molar-refractivity contribution in [2.45, 2.75) is 59.3 Å². The first-order valence-corrected chi connectivity index (χ1v) is 7.86. The fourth-order valence-electron chi connectivity index (χ4n) is 3.63. The molecule has 0 spiro atoms. The van der Waals surface area contributed by atoms with Gasteiger partial charge in [-0.15, -0.1) is 0 Å². The summed E-state index contributed by atoms with van der Waals surface area (Å²) in [6.07, 6.45) is 7.39. The zero-order valence-electron chi connectivity index (χ0n) is 13.0. The first-order chi connectivity index (χ1) is 8.81. The Morgan fingerprint density at radius 3 is 2.47 bits per heavy atom. The van der Waals surface area contributed by atoms with Gasteiger partial charge in [0.2, 0.25) is 0 Å². The highest BCUT2D eigenvalue weighted by Gasteiger charge is 2.44. The maximum absolute atomic E-state index is 7.52. The molecule has 3 heteroatoms. The van der Waals surface area contributed by atoms with Crippen molar-refractivity contribution in [2.24, 2.45) is 22.5 Å². The second-order valence-corrected chi connectivity index (χ2v) is 7.97. The van der Waals surface area contributed by atoms with Gasteiger partial charge < -0.3 is 10.6 Å². The monoisotopic (exact) mass is 265 g/mol. The van der Waals surface area contributed by atoms with E-state index in [0.29, 0.717) is 16.7 Å². The number of hydrogen-bond donors (Lipinski definition) is 2. The summed E-state index contributed by atoms with van der Waals surface area (Å²) in [6.45, 7) is 10.8. The topological polar surface area (TPSA) is 53.1 Å². The van der Waals surface area contributed by atoms with E-state index in [4.69, 9.17) is 11.1 Å². The Balaban J connectivity index is 1.85. The van der Waals surface area contributed by atoms with Crippen LogP contribution in [0.2, 0.25) is 0 Å². The van der Waals surface area contributed by atoms with Crippen molar-refractivity contribution in [3.05, 3.63) is 0 Å². The first kappa shape index (κ1) is 14.8. The number of hydrogen-bond acceptors (Lipinski definition) is 2. The van der Waals surface area contributed by atoms with E-state index in [0.717, 1.165) is 12.3 Å². The van der Waals surface area contributed by atoms with Crippen LogP contribution in [0.5, 0.6) is 0 Å². The van der Waals surface area contributed by atoms with E-state index in [1.165, 1.54) is 51.7 Å². The number of likely N-dealkylation sites (tertiary alicyclic amines) is 1. The standard InChI is InChI=1S/C16H31N3/c1-15(2,3)13-5-4-9-19(10-6-13)12-16(7-8-16)11-14(17)18/h13H,4-12H2,1-3H3,(H3,17,18).